The van der Waals surface area contributed by atoms with E-state index >= 15 is 0 Å². The maximum absolute atomic E-state index is 12.8. The van der Waals surface area contributed by atoms with Gasteiger partial charge in [-0.1, -0.05) is 30.3 Å². The average Bonchev–Trinajstić information content (AvgIpc) is 2.92. The Kier molecular flexibility index (Phi) is 8.05. The molecule has 2 N–H and O–H groups in total. The zero-order valence-corrected chi connectivity index (χ0v) is 21.3. The molecule has 0 aliphatic carbocycles. The molecule has 2 heterocycles. The molecule has 0 fully saturated rings. The van der Waals surface area contributed by atoms with Crippen LogP contribution in [0.3, 0.4) is 0 Å². The van der Waals surface area contributed by atoms with Crippen LogP contribution in [-0.2, 0) is 16.5 Å². The van der Waals surface area contributed by atoms with Gasteiger partial charge in [0.15, 0.2) is 0 Å². The molecule has 3 aromatic carbocycles. The molecule has 41 heavy (non-hydrogen) atoms. The molecule has 0 saturated heterocycles. The van der Waals surface area contributed by atoms with Crippen LogP contribution in [0.4, 0.5) is 28.9 Å². The number of carbonyl (C=O) groups is 1. The van der Waals surface area contributed by atoms with Gasteiger partial charge in [0.2, 0.25) is 0 Å². The number of nitro benzene ring substituents is 1. The van der Waals surface area contributed by atoms with E-state index < -0.39 is 55.5 Å². The quantitative estimate of drug-likeness (QED) is 0.101. The Morgan fingerprint density at radius 2 is 1.68 bits per heavy atom. The predicted molar refractivity (Wildman–Crippen MR) is 136 cm³/mol. The van der Waals surface area contributed by atoms with Crippen molar-refractivity contribution in [3.8, 4) is 5.88 Å². The minimum atomic E-state index is -5.87. The van der Waals surface area contributed by atoms with Gasteiger partial charge in [0, 0.05) is 17.8 Å². The number of carboxylic acid groups (broad SMARTS) is 1. The normalized spacial score (nSPS) is 14.7. The molecule has 5 rings (SSSR count). The van der Waals surface area contributed by atoms with Crippen molar-refractivity contribution in [2.75, 3.05) is 5.32 Å². The lowest BCUT2D eigenvalue weighted by Crippen LogP contribution is -2.29. The van der Waals surface area contributed by atoms with Gasteiger partial charge in [0.05, 0.1) is 22.0 Å². The molecule has 1 aliphatic heterocycles. The first-order valence-electron chi connectivity index (χ1n) is 11.6. The number of halogens is 4. The van der Waals surface area contributed by atoms with Gasteiger partial charge in [0.1, 0.15) is 17.1 Å². The van der Waals surface area contributed by atoms with Gasteiger partial charge in [0.25, 0.3) is 11.6 Å². The highest BCUT2D eigenvalue weighted by Crippen LogP contribution is 2.37. The second-order valence-electron chi connectivity index (χ2n) is 8.51. The number of anilines is 1. The lowest BCUT2D eigenvalue weighted by molar-refractivity contribution is -0.384. The summed E-state index contributed by atoms with van der Waals surface area (Å²) in [5, 5.41) is 21.8. The van der Waals surface area contributed by atoms with Crippen LogP contribution in [0.1, 0.15) is 34.1 Å². The fourth-order valence-corrected chi connectivity index (χ4v) is 4.30. The SMILES string of the molecule is O=C(O)c1cc([N+](=O)[O-])ccc1F.O=S(=O)(Oc1nc2ccccc2nc1C1CCc2ccccc2N1)C(F)(F)F. The molecule has 1 aromatic heterocycles. The third kappa shape index (κ3) is 6.49. The van der Waals surface area contributed by atoms with Crippen molar-refractivity contribution in [3.63, 3.8) is 0 Å². The van der Waals surface area contributed by atoms with Gasteiger partial charge in [-0.05, 0) is 42.7 Å². The van der Waals surface area contributed by atoms with Crippen molar-refractivity contribution < 1.29 is 45.0 Å². The fraction of sp³-hybridized carbons (Fsp3) is 0.160. The van der Waals surface area contributed by atoms with Crippen molar-refractivity contribution in [3.05, 3.63) is 99.5 Å². The second kappa shape index (κ2) is 11.3. The van der Waals surface area contributed by atoms with E-state index in [1.807, 2.05) is 24.3 Å². The van der Waals surface area contributed by atoms with E-state index in [-0.39, 0.29) is 11.2 Å². The Morgan fingerprint density at radius 3 is 2.32 bits per heavy atom. The molecule has 0 spiro atoms. The number of hydrogen-bond acceptors (Lipinski definition) is 9. The molecule has 16 heteroatoms. The molecule has 1 atom stereocenters. The van der Waals surface area contributed by atoms with Crippen LogP contribution in [0, 0.1) is 15.9 Å². The van der Waals surface area contributed by atoms with Gasteiger partial charge in [-0.15, -0.1) is 0 Å². The Hall–Kier alpha value is -4.86. The van der Waals surface area contributed by atoms with Crippen LogP contribution in [0.15, 0.2) is 66.7 Å². The van der Waals surface area contributed by atoms with Crippen LogP contribution in [0.5, 0.6) is 5.88 Å². The number of para-hydroxylation sites is 3. The molecule has 4 aromatic rings. The summed E-state index contributed by atoms with van der Waals surface area (Å²) in [4.78, 5) is 28.1. The van der Waals surface area contributed by atoms with Gasteiger partial charge in [-0.2, -0.15) is 21.6 Å². The van der Waals surface area contributed by atoms with Crippen molar-refractivity contribution in [2.24, 2.45) is 0 Å². The number of carboxylic acids is 1. The van der Waals surface area contributed by atoms with Crippen LogP contribution < -0.4 is 9.50 Å². The zero-order valence-electron chi connectivity index (χ0n) is 20.5. The molecule has 0 amide bonds. The number of benzene rings is 3. The van der Waals surface area contributed by atoms with E-state index in [9.17, 15) is 40.9 Å². The van der Waals surface area contributed by atoms with Crippen molar-refractivity contribution >= 4 is 38.5 Å². The Balaban J connectivity index is 0.000000251. The summed E-state index contributed by atoms with van der Waals surface area (Å²) < 4.78 is 78.7. The molecule has 0 saturated carbocycles. The molecule has 214 valence electrons. The molecule has 1 aliphatic rings. The van der Waals surface area contributed by atoms with Crippen molar-refractivity contribution in [1.29, 1.82) is 0 Å². The molecular weight excluding hydrogens is 576 g/mol. The molecule has 1 unspecified atom stereocenters. The summed E-state index contributed by atoms with van der Waals surface area (Å²) in [5.74, 6) is -3.19. The zero-order chi connectivity index (χ0) is 29.9. The van der Waals surface area contributed by atoms with Gasteiger partial charge < -0.3 is 14.6 Å². The van der Waals surface area contributed by atoms with Crippen LogP contribution in [0.2, 0.25) is 0 Å². The number of aromatic carboxylic acids is 1. The number of fused-ring (bicyclic) bond motifs is 2. The summed E-state index contributed by atoms with van der Waals surface area (Å²) in [5.41, 5.74) is -4.18. The van der Waals surface area contributed by atoms with E-state index in [2.05, 4.69) is 19.5 Å². The maximum Gasteiger partial charge on any atom is 0.534 e. The first kappa shape index (κ1) is 29.1. The Morgan fingerprint density at radius 1 is 1.05 bits per heavy atom. The first-order chi connectivity index (χ1) is 19.3. The smallest absolute Gasteiger partial charge is 0.478 e. The molecular formula is C25H18F4N4O7S. The number of rotatable bonds is 5. The lowest BCUT2D eigenvalue weighted by atomic mass is 9.96. The molecule has 11 nitrogen and oxygen atoms in total. The van der Waals surface area contributed by atoms with Gasteiger partial charge in [-0.25, -0.2) is 19.2 Å². The maximum atomic E-state index is 12.8. The molecule has 0 radical (unpaired) electrons. The number of nitro groups is 1. The second-order valence-corrected chi connectivity index (χ2v) is 10.0. The van der Waals surface area contributed by atoms with E-state index in [4.69, 9.17) is 5.11 Å². The first-order valence-corrected chi connectivity index (χ1v) is 13.0. The number of aryl methyl sites for hydroxylation is 1. The van der Waals surface area contributed by atoms with Gasteiger partial charge >= 0.3 is 21.6 Å². The number of alkyl halides is 3. The van der Waals surface area contributed by atoms with E-state index in [0.29, 0.717) is 24.4 Å². The highest BCUT2D eigenvalue weighted by atomic mass is 32.2. The predicted octanol–water partition coefficient (Wildman–Crippen LogP) is 5.39. The highest BCUT2D eigenvalue weighted by molar-refractivity contribution is 7.87. The average molecular weight is 594 g/mol. The number of non-ortho nitro benzene ring substituents is 1. The Bertz CT molecular complexity index is 1750. The minimum absolute atomic E-state index is 0.0148. The fourth-order valence-electron chi connectivity index (χ4n) is 3.87. The topological polar surface area (TPSA) is 162 Å². The van der Waals surface area contributed by atoms with Gasteiger partial charge in [-0.3, -0.25) is 10.1 Å². The van der Waals surface area contributed by atoms with E-state index in [1.54, 1.807) is 18.2 Å². The number of nitrogens with zero attached hydrogens (tertiary/aromatic N) is 3. The third-order valence-corrected chi connectivity index (χ3v) is 6.75. The monoisotopic (exact) mass is 594 g/mol. The minimum Gasteiger partial charge on any atom is -0.478 e. The van der Waals surface area contributed by atoms with Crippen molar-refractivity contribution in [1.82, 2.24) is 9.97 Å². The number of nitrogens with one attached hydrogen (secondary N) is 1. The largest absolute Gasteiger partial charge is 0.534 e. The third-order valence-electron chi connectivity index (χ3n) is 5.81. The van der Waals surface area contributed by atoms with Crippen LogP contribution in [-0.4, -0.2) is 39.9 Å². The van der Waals surface area contributed by atoms with E-state index in [1.165, 1.54) is 6.07 Å². The number of hydrogen-bond donors (Lipinski definition) is 2. The standard InChI is InChI=1S/C18H14F3N3O3S.C7H4FNO4/c19-18(20,21)28(25,26)27-17-16(23-13-7-3-4-8-14(13)24-17)15-10-9-11-5-1-2-6-12(11)22-15;8-6-2-1-4(9(12)13)3-5(6)7(10)11/h1-8,15,22H,9-10H2;1-3H,(H,10,11). The summed E-state index contributed by atoms with van der Waals surface area (Å²) in [6, 6.07) is 15.8. The van der Waals surface area contributed by atoms with Crippen LogP contribution >= 0.6 is 0 Å². The molecule has 0 bridgehead atoms. The number of aromatic nitrogens is 2. The van der Waals surface area contributed by atoms with Crippen LogP contribution in [0.25, 0.3) is 11.0 Å². The lowest BCUT2D eigenvalue weighted by Gasteiger charge is -2.27. The van der Waals surface area contributed by atoms with E-state index in [0.717, 1.165) is 23.4 Å². The Labute approximate surface area is 228 Å². The highest BCUT2D eigenvalue weighted by Gasteiger charge is 2.49. The summed E-state index contributed by atoms with van der Waals surface area (Å²) in [6.45, 7) is 0. The summed E-state index contributed by atoms with van der Waals surface area (Å²) >= 11 is 0. The summed E-state index contributed by atoms with van der Waals surface area (Å²) in [7, 11) is -5.87. The summed E-state index contributed by atoms with van der Waals surface area (Å²) in [6.07, 6.45) is 1.14. The van der Waals surface area contributed by atoms with Crippen molar-refractivity contribution in [2.45, 2.75) is 24.4 Å².